The molecule has 4 aromatic rings. The third kappa shape index (κ3) is 3.88. The third-order valence-corrected chi connectivity index (χ3v) is 6.00. The number of nitrogens with zero attached hydrogens (tertiary/aromatic N) is 4. The van der Waals surface area contributed by atoms with Gasteiger partial charge in [-0.05, 0) is 61.6 Å². The maximum Gasteiger partial charge on any atom is 0.143 e. The highest BCUT2D eigenvalue weighted by Crippen LogP contribution is 2.43. The van der Waals surface area contributed by atoms with Crippen LogP contribution in [0.2, 0.25) is 0 Å². The molecule has 1 aromatic carbocycles. The molecule has 0 saturated heterocycles. The van der Waals surface area contributed by atoms with Crippen molar-refractivity contribution in [2.24, 2.45) is 0 Å². The minimum Gasteiger partial charge on any atom is -0.496 e. The Morgan fingerprint density at radius 1 is 1.03 bits per heavy atom. The van der Waals surface area contributed by atoms with E-state index in [9.17, 15) is 0 Å². The summed E-state index contributed by atoms with van der Waals surface area (Å²) < 4.78 is 13.5. The fourth-order valence-corrected chi connectivity index (χ4v) is 4.56. The summed E-state index contributed by atoms with van der Waals surface area (Å²) in [4.78, 5) is 6.87. The summed E-state index contributed by atoms with van der Waals surface area (Å²) in [6.07, 6.45) is 4.87. The van der Waals surface area contributed by atoms with Gasteiger partial charge in [-0.15, -0.1) is 11.8 Å². The van der Waals surface area contributed by atoms with Gasteiger partial charge in [-0.3, -0.25) is 0 Å². The number of fused-ring (bicyclic) bond motifs is 1. The molecule has 0 spiro atoms. The van der Waals surface area contributed by atoms with Crippen molar-refractivity contribution < 1.29 is 9.47 Å². The van der Waals surface area contributed by atoms with Gasteiger partial charge in [0.05, 0.1) is 31.0 Å². The van der Waals surface area contributed by atoms with E-state index in [0.29, 0.717) is 0 Å². The number of hydrogen-bond donors (Lipinski definition) is 0. The van der Waals surface area contributed by atoms with Crippen molar-refractivity contribution in [1.82, 2.24) is 14.6 Å². The van der Waals surface area contributed by atoms with E-state index >= 15 is 0 Å². The number of rotatable bonds is 8. The molecule has 0 aliphatic heterocycles. The van der Waals surface area contributed by atoms with Crippen LogP contribution in [-0.2, 0) is 0 Å². The van der Waals surface area contributed by atoms with Crippen molar-refractivity contribution >= 4 is 28.8 Å². The monoisotopic (exact) mass is 448 g/mol. The average molecular weight is 449 g/mol. The fourth-order valence-electron chi connectivity index (χ4n) is 3.99. The van der Waals surface area contributed by atoms with Gasteiger partial charge < -0.3 is 14.4 Å². The molecule has 32 heavy (non-hydrogen) atoms. The van der Waals surface area contributed by atoms with Gasteiger partial charge in [0.2, 0.25) is 0 Å². The summed E-state index contributed by atoms with van der Waals surface area (Å²) in [6.45, 7) is 5.05. The van der Waals surface area contributed by atoms with Crippen LogP contribution < -0.4 is 14.4 Å². The Morgan fingerprint density at radius 3 is 2.38 bits per heavy atom. The summed E-state index contributed by atoms with van der Waals surface area (Å²) >= 11 is 1.63. The molecule has 0 amide bonds. The van der Waals surface area contributed by atoms with Crippen LogP contribution in [0.4, 0.5) is 11.5 Å². The number of methoxy groups -OCH3 is 2. The van der Waals surface area contributed by atoms with E-state index in [2.05, 4.69) is 41.3 Å². The Morgan fingerprint density at radius 2 is 1.78 bits per heavy atom. The molecule has 6 nitrogen and oxygen atoms in total. The smallest absolute Gasteiger partial charge is 0.143 e. The summed E-state index contributed by atoms with van der Waals surface area (Å²) in [6, 6.07) is 16.2. The van der Waals surface area contributed by atoms with Crippen LogP contribution >= 0.6 is 11.8 Å². The van der Waals surface area contributed by atoms with E-state index in [4.69, 9.17) is 14.6 Å². The average Bonchev–Trinajstić information content (AvgIpc) is 3.21. The zero-order valence-corrected chi connectivity index (χ0v) is 19.9. The normalized spacial score (nSPS) is 11.0. The molecule has 0 bridgehead atoms. The van der Waals surface area contributed by atoms with E-state index < -0.39 is 0 Å². The molecule has 0 saturated carbocycles. The van der Waals surface area contributed by atoms with Crippen LogP contribution in [0.15, 0.2) is 59.8 Å². The maximum absolute atomic E-state index is 5.74. The molecular formula is C25H28N4O2S. The Balaban J connectivity index is 2.01. The number of benzene rings is 1. The quantitative estimate of drug-likeness (QED) is 0.309. The first kappa shape index (κ1) is 22.0. The van der Waals surface area contributed by atoms with Crippen molar-refractivity contribution in [3.05, 3.63) is 60.3 Å². The first-order chi connectivity index (χ1) is 15.6. The van der Waals surface area contributed by atoms with E-state index in [1.807, 2.05) is 48.0 Å². The second kappa shape index (κ2) is 9.53. The predicted molar refractivity (Wildman–Crippen MR) is 132 cm³/mol. The number of hydrogen-bond acceptors (Lipinski definition) is 6. The Labute approximate surface area is 193 Å². The number of aryl methyl sites for hydroxylation is 1. The molecule has 0 radical (unpaired) electrons. The van der Waals surface area contributed by atoms with Gasteiger partial charge in [0.15, 0.2) is 0 Å². The summed E-state index contributed by atoms with van der Waals surface area (Å²) in [5.41, 5.74) is 4.94. The highest BCUT2D eigenvalue weighted by molar-refractivity contribution is 7.98. The second-order valence-electron chi connectivity index (χ2n) is 7.45. The van der Waals surface area contributed by atoms with Crippen LogP contribution in [0.25, 0.3) is 16.8 Å². The number of ether oxygens (including phenoxy) is 2. The van der Waals surface area contributed by atoms with E-state index in [0.717, 1.165) is 63.3 Å². The maximum atomic E-state index is 5.74. The highest BCUT2D eigenvalue weighted by atomic mass is 32.2. The van der Waals surface area contributed by atoms with Crippen LogP contribution in [0.5, 0.6) is 11.5 Å². The lowest BCUT2D eigenvalue weighted by Gasteiger charge is -2.23. The standard InChI is InChI=1S/C25H28N4O2S/c1-6-14-28(22-12-7-8-13-26-22)24-19-11-9-10-18(29(19)27-25(24)32-5)23-20(30-3)15-17(2)16-21(23)31-4/h7-13,15-16H,6,14H2,1-5H3. The van der Waals surface area contributed by atoms with Gasteiger partial charge in [-0.25, -0.2) is 9.50 Å². The van der Waals surface area contributed by atoms with E-state index in [1.165, 1.54) is 0 Å². The predicted octanol–water partition coefficient (Wildman–Crippen LogP) is 5.99. The highest BCUT2D eigenvalue weighted by Gasteiger charge is 2.24. The molecule has 7 heteroatoms. The van der Waals surface area contributed by atoms with Gasteiger partial charge in [0.1, 0.15) is 28.0 Å². The molecule has 4 rings (SSSR count). The van der Waals surface area contributed by atoms with Gasteiger partial charge in [-0.1, -0.05) is 19.1 Å². The van der Waals surface area contributed by atoms with Crippen LogP contribution in [0.1, 0.15) is 18.9 Å². The second-order valence-corrected chi connectivity index (χ2v) is 8.24. The first-order valence-electron chi connectivity index (χ1n) is 10.6. The van der Waals surface area contributed by atoms with Crippen molar-refractivity contribution in [2.75, 3.05) is 31.9 Å². The van der Waals surface area contributed by atoms with Gasteiger partial charge in [-0.2, -0.15) is 5.10 Å². The Hall–Kier alpha value is -3.19. The molecule has 0 fully saturated rings. The van der Waals surface area contributed by atoms with E-state index in [-0.39, 0.29) is 0 Å². The van der Waals surface area contributed by atoms with Crippen molar-refractivity contribution in [1.29, 1.82) is 0 Å². The Bertz CT molecular complexity index is 1200. The van der Waals surface area contributed by atoms with Crippen molar-refractivity contribution in [3.8, 4) is 22.8 Å². The van der Waals surface area contributed by atoms with Gasteiger partial charge >= 0.3 is 0 Å². The fraction of sp³-hybridized carbons (Fsp3) is 0.280. The number of thioether (sulfide) groups is 1. The number of pyridine rings is 2. The number of aromatic nitrogens is 3. The zero-order valence-electron chi connectivity index (χ0n) is 19.1. The molecular weight excluding hydrogens is 420 g/mol. The minimum absolute atomic E-state index is 0.757. The summed E-state index contributed by atoms with van der Waals surface area (Å²) in [7, 11) is 3.37. The lowest BCUT2D eigenvalue weighted by atomic mass is 10.1. The van der Waals surface area contributed by atoms with Crippen LogP contribution in [0.3, 0.4) is 0 Å². The Kier molecular flexibility index (Phi) is 6.55. The summed E-state index contributed by atoms with van der Waals surface area (Å²) in [5, 5.41) is 5.95. The molecule has 0 aliphatic carbocycles. The van der Waals surface area contributed by atoms with Gasteiger partial charge in [0, 0.05) is 12.7 Å². The third-order valence-electron chi connectivity index (χ3n) is 5.34. The first-order valence-corrected chi connectivity index (χ1v) is 11.8. The number of anilines is 2. The zero-order chi connectivity index (χ0) is 22.7. The van der Waals surface area contributed by atoms with Crippen LogP contribution in [0, 0.1) is 6.92 Å². The molecule has 0 atom stereocenters. The van der Waals surface area contributed by atoms with Gasteiger partial charge in [0.25, 0.3) is 0 Å². The lowest BCUT2D eigenvalue weighted by molar-refractivity contribution is 0.396. The topological polar surface area (TPSA) is 51.9 Å². The SMILES string of the molecule is CCCN(c1ccccn1)c1c(SC)nn2c(-c3c(OC)cc(C)cc3OC)cccc12. The van der Waals surface area contributed by atoms with E-state index in [1.54, 1.807) is 26.0 Å². The van der Waals surface area contributed by atoms with Crippen molar-refractivity contribution in [2.45, 2.75) is 25.3 Å². The minimum atomic E-state index is 0.757. The molecule has 0 aliphatic rings. The van der Waals surface area contributed by atoms with Crippen LogP contribution in [-0.4, -0.2) is 41.6 Å². The molecule has 3 aromatic heterocycles. The summed E-state index contributed by atoms with van der Waals surface area (Å²) in [5.74, 6) is 2.43. The van der Waals surface area contributed by atoms with Crippen molar-refractivity contribution in [3.63, 3.8) is 0 Å². The lowest BCUT2D eigenvalue weighted by Crippen LogP contribution is -2.19. The largest absolute Gasteiger partial charge is 0.496 e. The molecule has 0 unspecified atom stereocenters. The molecule has 166 valence electrons. The molecule has 3 heterocycles. The molecule has 0 N–H and O–H groups in total.